The van der Waals surface area contributed by atoms with Crippen LogP contribution in [0.15, 0.2) is 24.3 Å². The van der Waals surface area contributed by atoms with Gasteiger partial charge in [-0.15, -0.1) is 9.24 Å². The molecule has 1 rings (SSSR count). The van der Waals surface area contributed by atoms with Gasteiger partial charge in [-0.1, -0.05) is 26.0 Å². The first-order valence-electron chi connectivity index (χ1n) is 8.24. The lowest BCUT2D eigenvalue weighted by Crippen LogP contribution is -2.51. The zero-order valence-electron chi connectivity index (χ0n) is 15.2. The van der Waals surface area contributed by atoms with E-state index >= 15 is 0 Å². The van der Waals surface area contributed by atoms with Crippen LogP contribution in [0.4, 0.5) is 10.5 Å². The Balaban J connectivity index is 2.50. The van der Waals surface area contributed by atoms with Gasteiger partial charge >= 0.3 is 6.16 Å². The molecule has 0 aliphatic rings. The monoisotopic (exact) mass is 397 g/mol. The van der Waals surface area contributed by atoms with Crippen molar-refractivity contribution in [2.75, 3.05) is 18.0 Å². The summed E-state index contributed by atoms with van der Waals surface area (Å²) in [5, 5.41) is 16.2. The Morgan fingerprint density at radius 2 is 1.74 bits per heavy atom. The first-order chi connectivity index (χ1) is 12.7. The molecule has 3 amide bonds. The van der Waals surface area contributed by atoms with Crippen molar-refractivity contribution >= 4 is 38.8 Å². The van der Waals surface area contributed by atoms with Crippen LogP contribution in [0, 0.1) is 5.92 Å². The number of amides is 3. The third-order valence-corrected chi connectivity index (χ3v) is 3.84. The summed E-state index contributed by atoms with van der Waals surface area (Å²) in [6, 6.07) is 5.69. The maximum Gasteiger partial charge on any atom is 0.506 e. The number of carbonyl (C=O) groups excluding carboxylic acids is 3. The van der Waals surface area contributed by atoms with Crippen LogP contribution in [-0.2, 0) is 25.7 Å². The molecule has 1 aromatic carbocycles. The second kappa shape index (κ2) is 11.1. The number of benzene rings is 1. The summed E-state index contributed by atoms with van der Waals surface area (Å²) in [5.74, 6) is -1.27. The van der Waals surface area contributed by atoms with E-state index in [9.17, 15) is 19.2 Å². The van der Waals surface area contributed by atoms with Crippen LogP contribution >= 0.6 is 9.24 Å². The maximum absolute atomic E-state index is 12.2. The van der Waals surface area contributed by atoms with Gasteiger partial charge in [-0.3, -0.25) is 14.4 Å². The highest BCUT2D eigenvalue weighted by atomic mass is 31.0. The summed E-state index contributed by atoms with van der Waals surface area (Å²) >= 11 is 0. The average Bonchev–Trinajstić information content (AvgIpc) is 2.63. The second-order valence-electron chi connectivity index (χ2n) is 6.01. The molecule has 0 radical (unpaired) electrons. The normalized spacial score (nSPS) is 11.4. The van der Waals surface area contributed by atoms with Crippen LogP contribution < -0.4 is 16.0 Å². The Morgan fingerprint density at radius 1 is 1.11 bits per heavy atom. The summed E-state index contributed by atoms with van der Waals surface area (Å²) in [6.07, 6.45) is -1.18. The van der Waals surface area contributed by atoms with Crippen molar-refractivity contribution in [3.8, 4) is 0 Å². The summed E-state index contributed by atoms with van der Waals surface area (Å²) in [6.45, 7) is 3.26. The molecule has 0 aliphatic heterocycles. The molecule has 2 atom stereocenters. The standard InChI is InChI=1S/C17H24N3O6P/c1-10(2)15(20-14(22)9-27)16(23)18-7-13(21)19-12-5-3-11(4-6-12)8-26-17(24)25/h3-6,10,15H,7-9,27H2,1-2H3,(H,18,23)(H,19,21)(H,20,22)(H,24,25)/t15-/m0/s1. The third-order valence-electron chi connectivity index (χ3n) is 3.47. The van der Waals surface area contributed by atoms with Gasteiger partial charge in [-0.25, -0.2) is 4.79 Å². The molecule has 0 bridgehead atoms. The van der Waals surface area contributed by atoms with Crippen molar-refractivity contribution in [2.24, 2.45) is 5.92 Å². The van der Waals surface area contributed by atoms with Gasteiger partial charge in [0.1, 0.15) is 12.6 Å². The molecule has 1 unspecified atom stereocenters. The molecule has 9 nitrogen and oxygen atoms in total. The molecule has 148 valence electrons. The van der Waals surface area contributed by atoms with Gasteiger partial charge in [0.25, 0.3) is 0 Å². The van der Waals surface area contributed by atoms with E-state index in [0.717, 1.165) is 0 Å². The second-order valence-corrected chi connectivity index (χ2v) is 6.42. The summed E-state index contributed by atoms with van der Waals surface area (Å²) in [7, 11) is 2.28. The van der Waals surface area contributed by atoms with Crippen LogP contribution in [0.3, 0.4) is 0 Å². The Morgan fingerprint density at radius 3 is 2.26 bits per heavy atom. The summed E-state index contributed by atoms with van der Waals surface area (Å²) in [4.78, 5) is 46.0. The van der Waals surface area contributed by atoms with Gasteiger partial charge in [0.2, 0.25) is 17.7 Å². The number of rotatable bonds is 9. The molecule has 0 saturated carbocycles. The Kier molecular flexibility index (Phi) is 9.22. The minimum absolute atomic E-state index is 0.0851. The van der Waals surface area contributed by atoms with Crippen LogP contribution in [0.1, 0.15) is 19.4 Å². The van der Waals surface area contributed by atoms with Gasteiger partial charge in [0, 0.05) is 11.8 Å². The van der Waals surface area contributed by atoms with E-state index in [1.807, 2.05) is 0 Å². The fourth-order valence-electron chi connectivity index (χ4n) is 2.08. The van der Waals surface area contributed by atoms with E-state index in [2.05, 4.69) is 29.9 Å². The third kappa shape index (κ3) is 8.50. The van der Waals surface area contributed by atoms with Gasteiger partial charge in [-0.05, 0) is 23.6 Å². The predicted octanol–water partition coefficient (Wildman–Crippen LogP) is 0.952. The smallest absolute Gasteiger partial charge is 0.450 e. The Bertz CT molecular complexity index is 678. The van der Waals surface area contributed by atoms with E-state index < -0.39 is 24.0 Å². The lowest BCUT2D eigenvalue weighted by molar-refractivity contribution is -0.130. The van der Waals surface area contributed by atoms with Gasteiger partial charge in [-0.2, -0.15) is 0 Å². The highest BCUT2D eigenvalue weighted by Gasteiger charge is 2.23. The molecular formula is C17H24N3O6P. The molecule has 27 heavy (non-hydrogen) atoms. The molecule has 0 heterocycles. The zero-order chi connectivity index (χ0) is 20.4. The molecule has 1 aromatic rings. The molecule has 0 aliphatic carbocycles. The fraction of sp³-hybridized carbons (Fsp3) is 0.412. The molecule has 0 saturated heterocycles. The van der Waals surface area contributed by atoms with Crippen molar-refractivity contribution in [3.63, 3.8) is 0 Å². The summed E-state index contributed by atoms with van der Waals surface area (Å²) < 4.78 is 4.44. The van der Waals surface area contributed by atoms with Gasteiger partial charge in [0.15, 0.2) is 0 Å². The quantitative estimate of drug-likeness (QED) is 0.362. The highest BCUT2D eigenvalue weighted by molar-refractivity contribution is 7.18. The minimum atomic E-state index is -1.36. The van der Waals surface area contributed by atoms with E-state index in [4.69, 9.17) is 5.11 Å². The number of carbonyl (C=O) groups is 4. The van der Waals surface area contributed by atoms with Crippen molar-refractivity contribution in [2.45, 2.75) is 26.5 Å². The molecule has 0 spiro atoms. The number of hydrogen-bond acceptors (Lipinski definition) is 5. The van der Waals surface area contributed by atoms with Crippen molar-refractivity contribution < 1.29 is 29.0 Å². The van der Waals surface area contributed by atoms with Crippen LogP contribution in [0.5, 0.6) is 0 Å². The highest BCUT2D eigenvalue weighted by Crippen LogP contribution is 2.10. The topological polar surface area (TPSA) is 134 Å². The number of nitrogens with one attached hydrogen (secondary N) is 3. The van der Waals surface area contributed by atoms with E-state index in [1.54, 1.807) is 38.1 Å². The molecule has 4 N–H and O–H groups in total. The van der Waals surface area contributed by atoms with Crippen LogP contribution in [0.2, 0.25) is 0 Å². The number of ether oxygens (including phenoxy) is 1. The molecule has 10 heteroatoms. The maximum atomic E-state index is 12.2. The zero-order valence-corrected chi connectivity index (χ0v) is 16.3. The van der Waals surface area contributed by atoms with Crippen LogP contribution in [0.25, 0.3) is 0 Å². The number of anilines is 1. The van der Waals surface area contributed by atoms with E-state index in [1.165, 1.54) is 0 Å². The molecular weight excluding hydrogens is 373 g/mol. The Labute approximate surface area is 159 Å². The van der Waals surface area contributed by atoms with E-state index in [-0.39, 0.29) is 31.1 Å². The SMILES string of the molecule is CC(C)[C@H](NC(=O)CP)C(=O)NCC(=O)Nc1ccc(COC(=O)O)cc1. The first kappa shape index (κ1) is 22.4. The van der Waals surface area contributed by atoms with Gasteiger partial charge < -0.3 is 25.8 Å². The Hall–Kier alpha value is -2.67. The lowest BCUT2D eigenvalue weighted by atomic mass is 10.0. The van der Waals surface area contributed by atoms with Crippen LogP contribution in [-0.4, -0.2) is 47.7 Å². The summed E-state index contributed by atoms with van der Waals surface area (Å²) in [5.41, 5.74) is 1.12. The minimum Gasteiger partial charge on any atom is -0.450 e. The predicted molar refractivity (Wildman–Crippen MR) is 102 cm³/mol. The molecule has 0 aromatic heterocycles. The fourth-order valence-corrected chi connectivity index (χ4v) is 2.20. The molecule has 0 fully saturated rings. The average molecular weight is 397 g/mol. The van der Waals surface area contributed by atoms with E-state index in [0.29, 0.717) is 11.3 Å². The lowest BCUT2D eigenvalue weighted by Gasteiger charge is -2.21. The van der Waals surface area contributed by atoms with Crippen molar-refractivity contribution in [1.82, 2.24) is 10.6 Å². The first-order valence-corrected chi connectivity index (χ1v) is 9.06. The van der Waals surface area contributed by atoms with Crippen molar-refractivity contribution in [1.29, 1.82) is 0 Å². The number of hydrogen-bond donors (Lipinski definition) is 4. The van der Waals surface area contributed by atoms with Gasteiger partial charge in [0.05, 0.1) is 6.54 Å². The number of carboxylic acid groups (broad SMARTS) is 1. The largest absolute Gasteiger partial charge is 0.506 e. The van der Waals surface area contributed by atoms with Crippen molar-refractivity contribution in [3.05, 3.63) is 29.8 Å².